The van der Waals surface area contributed by atoms with E-state index in [2.05, 4.69) is 54.7 Å². The van der Waals surface area contributed by atoms with Gasteiger partial charge in [-0.2, -0.15) is 0 Å². The number of anilines is 1. The van der Waals surface area contributed by atoms with E-state index in [0.717, 1.165) is 25.1 Å². The average Bonchev–Trinajstić information content (AvgIpc) is 2.55. The van der Waals surface area contributed by atoms with Gasteiger partial charge in [-0.1, -0.05) is 30.3 Å². The average molecular weight is 308 g/mol. The zero-order valence-electron chi connectivity index (χ0n) is 14.1. The van der Waals surface area contributed by atoms with Crippen LogP contribution in [0.1, 0.15) is 31.4 Å². The largest absolute Gasteiger partial charge is 0.316 e. The van der Waals surface area contributed by atoms with Gasteiger partial charge in [0.05, 0.1) is 0 Å². The molecule has 23 heavy (non-hydrogen) atoms. The van der Waals surface area contributed by atoms with Crippen LogP contribution in [0.3, 0.4) is 0 Å². The van der Waals surface area contributed by atoms with Crippen molar-refractivity contribution in [1.82, 2.24) is 5.32 Å². The molecule has 0 saturated carbocycles. The number of amides is 1. The molecule has 0 spiro atoms. The molecule has 1 N–H and O–H groups in total. The lowest BCUT2D eigenvalue weighted by molar-refractivity contribution is -0.117. The third-order valence-electron chi connectivity index (χ3n) is 4.62. The van der Waals surface area contributed by atoms with Crippen molar-refractivity contribution >= 4 is 11.6 Å². The van der Waals surface area contributed by atoms with E-state index in [9.17, 15) is 4.79 Å². The predicted octanol–water partition coefficient (Wildman–Crippen LogP) is 3.76. The van der Waals surface area contributed by atoms with Gasteiger partial charge in [0.25, 0.3) is 0 Å². The highest BCUT2D eigenvalue weighted by atomic mass is 16.2. The molecule has 1 heterocycles. The van der Waals surface area contributed by atoms with Gasteiger partial charge in [0.15, 0.2) is 0 Å². The number of fused-ring (bicyclic) bond motifs is 1. The van der Waals surface area contributed by atoms with Crippen molar-refractivity contribution in [2.75, 3.05) is 11.9 Å². The summed E-state index contributed by atoms with van der Waals surface area (Å²) in [5, 5.41) is 3.17. The lowest BCUT2D eigenvalue weighted by Gasteiger charge is -2.34. The molecule has 1 aliphatic rings. The minimum absolute atomic E-state index is 0.127. The van der Waals surface area contributed by atoms with Gasteiger partial charge in [-0.3, -0.25) is 4.79 Å². The molecule has 0 radical (unpaired) electrons. The Hall–Kier alpha value is -2.13. The second-order valence-corrected chi connectivity index (χ2v) is 6.35. The smallest absolute Gasteiger partial charge is 0.224 e. The fraction of sp³-hybridized carbons (Fsp3) is 0.350. The Balaban J connectivity index is 1.93. The molecule has 0 unspecified atom stereocenters. The van der Waals surface area contributed by atoms with Crippen LogP contribution in [0.25, 0.3) is 11.1 Å². The molecule has 1 aliphatic heterocycles. The number of hydrogen-bond donors (Lipinski definition) is 1. The van der Waals surface area contributed by atoms with E-state index in [1.54, 1.807) is 6.92 Å². The summed E-state index contributed by atoms with van der Waals surface area (Å²) in [6.07, 6.45) is 2.06. The monoisotopic (exact) mass is 308 g/mol. The zero-order chi connectivity index (χ0) is 16.4. The van der Waals surface area contributed by atoms with E-state index in [1.807, 2.05) is 11.9 Å². The van der Waals surface area contributed by atoms with Gasteiger partial charge in [-0.15, -0.1) is 0 Å². The van der Waals surface area contributed by atoms with Crippen LogP contribution in [-0.2, 0) is 17.8 Å². The van der Waals surface area contributed by atoms with Crippen molar-refractivity contribution in [3.8, 4) is 11.1 Å². The summed E-state index contributed by atoms with van der Waals surface area (Å²) in [5.74, 6) is 0.127. The number of nitrogens with zero attached hydrogens (tertiary/aromatic N) is 1. The number of benzene rings is 2. The van der Waals surface area contributed by atoms with Crippen molar-refractivity contribution in [1.29, 1.82) is 0 Å². The quantitative estimate of drug-likeness (QED) is 0.936. The van der Waals surface area contributed by atoms with Gasteiger partial charge in [-0.05, 0) is 61.2 Å². The van der Waals surface area contributed by atoms with Crippen LogP contribution in [0.2, 0.25) is 0 Å². The number of nitrogens with one attached hydrogen (secondary N) is 1. The van der Waals surface area contributed by atoms with Crippen LogP contribution in [0.15, 0.2) is 42.5 Å². The highest BCUT2D eigenvalue weighted by Crippen LogP contribution is 2.34. The normalized spacial score (nSPS) is 17.0. The Labute approximate surface area is 138 Å². The summed E-state index contributed by atoms with van der Waals surface area (Å²) in [5.41, 5.74) is 6.08. The Morgan fingerprint density at radius 1 is 1.17 bits per heavy atom. The molecule has 1 atom stereocenters. The van der Waals surface area contributed by atoms with E-state index in [-0.39, 0.29) is 11.9 Å². The van der Waals surface area contributed by atoms with Gasteiger partial charge in [0.2, 0.25) is 5.91 Å². The topological polar surface area (TPSA) is 32.3 Å². The summed E-state index contributed by atoms with van der Waals surface area (Å²) in [6, 6.07) is 15.4. The first kappa shape index (κ1) is 15.8. The van der Waals surface area contributed by atoms with E-state index in [0.29, 0.717) is 0 Å². The molecule has 0 bridgehead atoms. The molecule has 2 aromatic rings. The Morgan fingerprint density at radius 3 is 2.52 bits per heavy atom. The van der Waals surface area contributed by atoms with Crippen molar-refractivity contribution in [2.24, 2.45) is 0 Å². The molecule has 1 amide bonds. The van der Waals surface area contributed by atoms with E-state index >= 15 is 0 Å². The van der Waals surface area contributed by atoms with Crippen molar-refractivity contribution < 1.29 is 4.79 Å². The zero-order valence-corrected chi connectivity index (χ0v) is 14.1. The number of aryl methyl sites for hydroxylation is 1. The third-order valence-corrected chi connectivity index (χ3v) is 4.62. The summed E-state index contributed by atoms with van der Waals surface area (Å²) >= 11 is 0. The lowest BCUT2D eigenvalue weighted by atomic mass is 9.93. The summed E-state index contributed by atoms with van der Waals surface area (Å²) in [6.45, 7) is 4.66. The van der Waals surface area contributed by atoms with E-state index < -0.39 is 0 Å². The van der Waals surface area contributed by atoms with Crippen LogP contribution in [0.4, 0.5) is 5.69 Å². The van der Waals surface area contributed by atoms with Gasteiger partial charge < -0.3 is 10.2 Å². The molecule has 0 aromatic heterocycles. The van der Waals surface area contributed by atoms with Gasteiger partial charge in [-0.25, -0.2) is 0 Å². The summed E-state index contributed by atoms with van der Waals surface area (Å²) < 4.78 is 0. The Morgan fingerprint density at radius 2 is 1.87 bits per heavy atom. The predicted molar refractivity (Wildman–Crippen MR) is 95.6 cm³/mol. The van der Waals surface area contributed by atoms with Gasteiger partial charge in [0.1, 0.15) is 0 Å². The molecule has 3 nitrogen and oxygen atoms in total. The third kappa shape index (κ3) is 3.15. The van der Waals surface area contributed by atoms with Crippen molar-refractivity contribution in [3.05, 3.63) is 53.6 Å². The van der Waals surface area contributed by atoms with Crippen LogP contribution < -0.4 is 10.2 Å². The van der Waals surface area contributed by atoms with Crippen molar-refractivity contribution in [3.63, 3.8) is 0 Å². The first-order valence-corrected chi connectivity index (χ1v) is 8.27. The molecule has 0 fully saturated rings. The Bertz CT molecular complexity index is 706. The van der Waals surface area contributed by atoms with Gasteiger partial charge in [0, 0.05) is 25.2 Å². The fourth-order valence-corrected chi connectivity index (χ4v) is 3.43. The molecule has 3 heteroatoms. The highest BCUT2D eigenvalue weighted by molar-refractivity contribution is 5.94. The van der Waals surface area contributed by atoms with Crippen LogP contribution in [0, 0.1) is 0 Å². The van der Waals surface area contributed by atoms with Crippen LogP contribution >= 0.6 is 0 Å². The standard InChI is InChI=1S/C20H24N2O/c1-14-4-7-19-12-18(10-11-20(19)22(14)15(2)23)17-8-5-16(6-9-17)13-21-3/h5-6,8-12,14,21H,4,7,13H2,1-3H3/t14-/m0/s1. The van der Waals surface area contributed by atoms with Crippen LogP contribution in [-0.4, -0.2) is 19.0 Å². The van der Waals surface area contributed by atoms with Crippen LogP contribution in [0.5, 0.6) is 0 Å². The first-order valence-electron chi connectivity index (χ1n) is 8.27. The van der Waals surface area contributed by atoms with Crippen molar-refractivity contribution in [2.45, 2.75) is 39.3 Å². The number of rotatable bonds is 3. The molecule has 3 rings (SSSR count). The second-order valence-electron chi connectivity index (χ2n) is 6.35. The maximum atomic E-state index is 11.9. The molecule has 2 aromatic carbocycles. The number of carbonyl (C=O) groups is 1. The van der Waals surface area contributed by atoms with Gasteiger partial charge >= 0.3 is 0 Å². The molecular formula is C20H24N2O. The Kier molecular flexibility index (Phi) is 4.49. The number of hydrogen-bond acceptors (Lipinski definition) is 2. The van der Waals surface area contributed by atoms with E-state index in [4.69, 9.17) is 0 Å². The minimum Gasteiger partial charge on any atom is -0.316 e. The molecular weight excluding hydrogens is 284 g/mol. The molecule has 0 saturated heterocycles. The fourth-order valence-electron chi connectivity index (χ4n) is 3.43. The number of carbonyl (C=O) groups excluding carboxylic acids is 1. The lowest BCUT2D eigenvalue weighted by Crippen LogP contribution is -2.40. The summed E-state index contributed by atoms with van der Waals surface area (Å²) in [4.78, 5) is 13.9. The first-order chi connectivity index (χ1) is 11.1. The highest BCUT2D eigenvalue weighted by Gasteiger charge is 2.26. The second kappa shape index (κ2) is 6.55. The summed E-state index contributed by atoms with van der Waals surface area (Å²) in [7, 11) is 1.96. The SMILES string of the molecule is CNCc1ccc(-c2ccc3c(c2)CC[C@H](C)N3C(C)=O)cc1. The minimum atomic E-state index is 0.127. The maximum absolute atomic E-state index is 11.9. The maximum Gasteiger partial charge on any atom is 0.224 e. The van der Waals surface area contributed by atoms with E-state index in [1.165, 1.54) is 22.3 Å². The molecule has 120 valence electrons. The molecule has 0 aliphatic carbocycles.